The summed E-state index contributed by atoms with van der Waals surface area (Å²) in [6.07, 6.45) is 2.48. The molecule has 3 saturated heterocycles. The van der Waals surface area contributed by atoms with Crippen molar-refractivity contribution in [1.82, 2.24) is 14.9 Å². The number of nitrogens with zero attached hydrogens (tertiary/aromatic N) is 3. The van der Waals surface area contributed by atoms with Crippen molar-refractivity contribution < 1.29 is 56.4 Å². The average molecular weight is 339 g/mol. The van der Waals surface area contributed by atoms with Crippen molar-refractivity contribution in [2.75, 3.05) is 13.1 Å². The zero-order valence-electron chi connectivity index (χ0n) is 12.0. The van der Waals surface area contributed by atoms with Crippen LogP contribution in [0.15, 0.2) is 0 Å². The number of likely N-dealkylation sites (tertiary alicyclic amines) is 1. The summed E-state index contributed by atoms with van der Waals surface area (Å²) in [5.74, 6) is -0.0927. The van der Waals surface area contributed by atoms with E-state index in [0.29, 0.717) is 24.1 Å². The van der Waals surface area contributed by atoms with Crippen LogP contribution < -0.4 is 29.6 Å². The van der Waals surface area contributed by atoms with Gasteiger partial charge in [0.15, 0.2) is 0 Å². The number of hydroxylamine groups is 2. The van der Waals surface area contributed by atoms with Crippen molar-refractivity contribution in [1.29, 1.82) is 0 Å². The topological polar surface area (TPSA) is 110 Å². The minimum atomic E-state index is -5.00. The summed E-state index contributed by atoms with van der Waals surface area (Å²) < 4.78 is 36.4. The predicted octanol–water partition coefficient (Wildman–Crippen LogP) is -4.12. The van der Waals surface area contributed by atoms with E-state index in [4.69, 9.17) is 0 Å². The first-order chi connectivity index (χ1) is 9.85. The van der Waals surface area contributed by atoms with Gasteiger partial charge in [-0.3, -0.25) is 4.79 Å². The average Bonchev–Trinajstić information content (AvgIpc) is 3.14. The van der Waals surface area contributed by atoms with Crippen LogP contribution in [0.4, 0.5) is 4.79 Å². The smallest absolute Gasteiger partial charge is 0.724 e. The molecule has 116 valence electrons. The molecule has 0 aromatic rings. The fourth-order valence-electron chi connectivity index (χ4n) is 3.73. The summed E-state index contributed by atoms with van der Waals surface area (Å²) in [5.41, 5.74) is 0. The third-order valence-corrected chi connectivity index (χ3v) is 5.00. The largest absolute Gasteiger partial charge is 1.00 e. The van der Waals surface area contributed by atoms with Gasteiger partial charge in [0.2, 0.25) is 16.3 Å². The van der Waals surface area contributed by atoms with Crippen molar-refractivity contribution in [3.05, 3.63) is 0 Å². The van der Waals surface area contributed by atoms with Crippen LogP contribution in [0.3, 0.4) is 0 Å². The zero-order chi connectivity index (χ0) is 14.9. The van der Waals surface area contributed by atoms with Crippen LogP contribution in [0, 0.1) is 5.92 Å². The summed E-state index contributed by atoms with van der Waals surface area (Å²) >= 11 is 0. The number of hydrogen-bond acceptors (Lipinski definition) is 6. The number of piperidine rings is 1. The van der Waals surface area contributed by atoms with Crippen molar-refractivity contribution in [3.63, 3.8) is 0 Å². The molecule has 4 rings (SSSR count). The van der Waals surface area contributed by atoms with Crippen LogP contribution in [0.25, 0.3) is 0 Å². The predicted molar refractivity (Wildman–Crippen MR) is 65.1 cm³/mol. The molecule has 4 aliphatic rings. The number of carbonyl (C=O) groups excluding carboxylic acids is 2. The molecule has 0 spiro atoms. The van der Waals surface area contributed by atoms with Gasteiger partial charge in [0.1, 0.15) is 6.04 Å². The van der Waals surface area contributed by atoms with Gasteiger partial charge in [-0.05, 0) is 19.3 Å². The molecule has 3 amide bonds. The summed E-state index contributed by atoms with van der Waals surface area (Å²) in [5, 5.41) is 0.620. The maximum atomic E-state index is 12.4. The fourth-order valence-corrected chi connectivity index (χ4v) is 4.11. The zero-order valence-corrected chi connectivity index (χ0v) is 14.9. The quantitative estimate of drug-likeness (QED) is 0.293. The van der Waals surface area contributed by atoms with Crippen LogP contribution in [0.1, 0.15) is 19.3 Å². The Balaban J connectivity index is 0.00000144. The summed E-state index contributed by atoms with van der Waals surface area (Å²) in [7, 11) is -5.00. The second kappa shape index (κ2) is 5.32. The first-order valence-electron chi connectivity index (χ1n) is 6.91. The molecule has 1 saturated carbocycles. The van der Waals surface area contributed by atoms with Crippen LogP contribution >= 0.6 is 0 Å². The Morgan fingerprint density at radius 2 is 1.77 bits per heavy atom. The van der Waals surface area contributed by atoms with Crippen LogP contribution in [-0.4, -0.2) is 71.0 Å². The van der Waals surface area contributed by atoms with E-state index in [9.17, 15) is 22.6 Å². The van der Waals surface area contributed by atoms with Gasteiger partial charge in [-0.25, -0.2) is 13.2 Å². The molecule has 0 aromatic heterocycles. The second-order valence-corrected chi connectivity index (χ2v) is 7.03. The number of carbonyl (C=O) groups is 2. The van der Waals surface area contributed by atoms with Crippen LogP contribution in [0.5, 0.6) is 0 Å². The maximum absolute atomic E-state index is 12.4. The third-order valence-electron chi connectivity index (χ3n) is 4.66. The van der Waals surface area contributed by atoms with Gasteiger partial charge in [0.25, 0.3) is 0 Å². The Kier molecular flexibility index (Phi) is 3.98. The van der Waals surface area contributed by atoms with Gasteiger partial charge in [-0.1, -0.05) is 0 Å². The monoisotopic (exact) mass is 339 g/mol. The number of fused-ring (bicyclic) bond motifs is 4. The molecule has 0 unspecified atom stereocenters. The molecule has 3 heterocycles. The first kappa shape index (κ1) is 16.5. The first-order valence-corrected chi connectivity index (χ1v) is 8.24. The van der Waals surface area contributed by atoms with Crippen LogP contribution in [-0.2, 0) is 19.5 Å². The molecule has 0 N–H and O–H groups in total. The fraction of sp³-hybridized carbons (Fsp3) is 0.818. The molecule has 1 aliphatic carbocycles. The van der Waals surface area contributed by atoms with Crippen molar-refractivity contribution in [3.8, 4) is 0 Å². The van der Waals surface area contributed by atoms with Gasteiger partial charge >= 0.3 is 35.6 Å². The molecule has 9 nitrogen and oxygen atoms in total. The molecular weight excluding hydrogens is 325 g/mol. The molecule has 3 atom stereocenters. The number of urea groups is 1. The van der Waals surface area contributed by atoms with E-state index in [-0.39, 0.29) is 47.9 Å². The van der Waals surface area contributed by atoms with Crippen molar-refractivity contribution >= 4 is 22.3 Å². The molecule has 0 radical (unpaired) electrons. The van der Waals surface area contributed by atoms with E-state index >= 15 is 0 Å². The summed E-state index contributed by atoms with van der Waals surface area (Å²) in [4.78, 5) is 27.8. The summed E-state index contributed by atoms with van der Waals surface area (Å²) in [6.45, 7) is 0.812. The van der Waals surface area contributed by atoms with E-state index in [1.54, 1.807) is 0 Å². The SMILES string of the molecule is O=C1[C@@H]2[C@@H](C[C@@H]3CN2C(=O)N3OS(=O)(=O)[O-])CN1C1CC1.[Na+]. The standard InChI is InChI=1S/C11H15N3O6S.Na/c15-10-9-6(4-12(10)7-1-2-7)3-8-5-13(9)11(16)14(8)20-21(17,18)19;/h6-9H,1-5H2,(H,17,18,19);/q;+1/p-1/t6-,8+,9-;/m0./s1. The number of hydrogen-bond donors (Lipinski definition) is 0. The number of amides is 3. The van der Waals surface area contributed by atoms with Crippen molar-refractivity contribution in [2.24, 2.45) is 5.92 Å². The van der Waals surface area contributed by atoms with Gasteiger partial charge in [-0.15, -0.1) is 0 Å². The number of rotatable bonds is 3. The van der Waals surface area contributed by atoms with Crippen molar-refractivity contribution in [2.45, 2.75) is 37.4 Å². The molecule has 3 aliphatic heterocycles. The van der Waals surface area contributed by atoms with E-state index in [0.717, 1.165) is 12.8 Å². The molecular formula is C11H14N3NaO6S. The molecule has 4 fully saturated rings. The molecule has 2 bridgehead atoms. The van der Waals surface area contributed by atoms with Crippen LogP contribution in [0.2, 0.25) is 0 Å². The maximum Gasteiger partial charge on any atom is 1.00 e. The molecule has 0 aromatic carbocycles. The van der Waals surface area contributed by atoms with E-state index in [1.165, 1.54) is 4.90 Å². The Hall–Kier alpha value is -0.390. The van der Waals surface area contributed by atoms with Gasteiger partial charge in [0, 0.05) is 25.0 Å². The molecule has 11 heteroatoms. The molecule has 22 heavy (non-hydrogen) atoms. The minimum absolute atomic E-state index is 0. The Morgan fingerprint density at radius 3 is 2.36 bits per heavy atom. The van der Waals surface area contributed by atoms with Gasteiger partial charge in [0.05, 0.1) is 6.04 Å². The third kappa shape index (κ3) is 2.55. The van der Waals surface area contributed by atoms with Gasteiger partial charge < -0.3 is 14.4 Å². The minimum Gasteiger partial charge on any atom is -0.724 e. The van der Waals surface area contributed by atoms with Gasteiger partial charge in [-0.2, -0.15) is 9.35 Å². The van der Waals surface area contributed by atoms with E-state index in [2.05, 4.69) is 4.28 Å². The Morgan fingerprint density at radius 1 is 1.09 bits per heavy atom. The van der Waals surface area contributed by atoms with E-state index in [1.807, 2.05) is 4.90 Å². The Labute approximate surface area is 149 Å². The van der Waals surface area contributed by atoms with E-state index < -0.39 is 28.5 Å². The second-order valence-electron chi connectivity index (χ2n) is 6.06. The summed E-state index contributed by atoms with van der Waals surface area (Å²) in [6, 6.07) is -1.45. The normalized spacial score (nSPS) is 34.0. The Bertz CT molecular complexity index is 623.